The molecule has 1 heterocycles. The summed E-state index contributed by atoms with van der Waals surface area (Å²) in [5, 5.41) is 0.495. The number of methoxy groups -OCH3 is 1. The van der Waals surface area contributed by atoms with E-state index < -0.39 is 5.25 Å². The van der Waals surface area contributed by atoms with Crippen LogP contribution in [-0.4, -0.2) is 34.9 Å². The number of thioether (sulfide) groups is 1. The van der Waals surface area contributed by atoms with E-state index in [1.165, 1.54) is 11.8 Å². The predicted molar refractivity (Wildman–Crippen MR) is 129 cm³/mol. The summed E-state index contributed by atoms with van der Waals surface area (Å²) < 4.78 is 6.88. The maximum atomic E-state index is 13.4. The van der Waals surface area contributed by atoms with Gasteiger partial charge in [-0.15, -0.1) is 0 Å². The number of amides is 1. The number of anilines is 1. The smallest absolute Gasteiger partial charge is 0.266 e. The zero-order chi connectivity index (χ0) is 22.7. The lowest BCUT2D eigenvalue weighted by atomic mass is 10.2. The van der Waals surface area contributed by atoms with Crippen molar-refractivity contribution >= 4 is 34.3 Å². The Morgan fingerprint density at radius 3 is 2.50 bits per heavy atom. The van der Waals surface area contributed by atoms with Crippen LogP contribution in [-0.2, 0) is 4.79 Å². The van der Waals surface area contributed by atoms with Crippen molar-refractivity contribution in [2.75, 3.05) is 19.1 Å². The molecule has 4 rings (SSSR count). The number of hydrogen-bond acceptors (Lipinski definition) is 5. The first-order chi connectivity index (χ1) is 15.5. The standard InChI is InChI=1S/C25H23N3O3S/c1-17(23(29)27(2)18-10-5-4-6-11-18)32-25-26-22-15-8-7-14-21(22)24(30)28(25)19-12-9-13-20(16-19)31-3/h4-17H,1-3H3/t17-/m0/s1. The summed E-state index contributed by atoms with van der Waals surface area (Å²) >= 11 is 1.26. The van der Waals surface area contributed by atoms with Gasteiger partial charge in [0.2, 0.25) is 5.91 Å². The molecule has 0 spiro atoms. The van der Waals surface area contributed by atoms with E-state index in [-0.39, 0.29) is 11.5 Å². The van der Waals surface area contributed by atoms with Gasteiger partial charge in [-0.2, -0.15) is 0 Å². The zero-order valence-electron chi connectivity index (χ0n) is 18.1. The Hall–Kier alpha value is -3.58. The Morgan fingerprint density at radius 2 is 1.75 bits per heavy atom. The van der Waals surface area contributed by atoms with Gasteiger partial charge < -0.3 is 9.64 Å². The molecule has 32 heavy (non-hydrogen) atoms. The number of rotatable bonds is 6. The van der Waals surface area contributed by atoms with Crippen LogP contribution in [0, 0.1) is 0 Å². The first-order valence-corrected chi connectivity index (χ1v) is 11.0. The molecule has 0 bridgehead atoms. The molecule has 1 atom stereocenters. The van der Waals surface area contributed by atoms with Gasteiger partial charge in [0.05, 0.1) is 29.0 Å². The van der Waals surface area contributed by atoms with Gasteiger partial charge in [0, 0.05) is 18.8 Å². The summed E-state index contributed by atoms with van der Waals surface area (Å²) in [6, 6.07) is 23.9. The van der Waals surface area contributed by atoms with Gasteiger partial charge in [0.1, 0.15) is 5.75 Å². The number of para-hydroxylation sites is 2. The van der Waals surface area contributed by atoms with Crippen LogP contribution in [0.5, 0.6) is 5.75 Å². The molecule has 0 unspecified atom stereocenters. The highest BCUT2D eigenvalue weighted by Gasteiger charge is 2.23. The number of carbonyl (C=O) groups excluding carboxylic acids is 1. The fourth-order valence-corrected chi connectivity index (χ4v) is 4.45. The third-order valence-electron chi connectivity index (χ3n) is 5.16. The molecule has 4 aromatic rings. The number of ether oxygens (including phenoxy) is 1. The third-order valence-corrected chi connectivity index (χ3v) is 6.20. The van der Waals surface area contributed by atoms with Gasteiger partial charge in [-0.1, -0.05) is 48.2 Å². The summed E-state index contributed by atoms with van der Waals surface area (Å²) in [7, 11) is 3.33. The summed E-state index contributed by atoms with van der Waals surface area (Å²) in [5.74, 6) is 0.548. The monoisotopic (exact) mass is 445 g/mol. The molecule has 162 valence electrons. The topological polar surface area (TPSA) is 64.4 Å². The van der Waals surface area contributed by atoms with E-state index in [4.69, 9.17) is 9.72 Å². The Balaban J connectivity index is 1.77. The van der Waals surface area contributed by atoms with Crippen molar-refractivity contribution in [1.82, 2.24) is 9.55 Å². The van der Waals surface area contributed by atoms with Gasteiger partial charge in [0.15, 0.2) is 5.16 Å². The molecule has 0 saturated heterocycles. The number of carbonyl (C=O) groups is 1. The van der Waals surface area contributed by atoms with E-state index in [9.17, 15) is 9.59 Å². The quantitative estimate of drug-likeness (QED) is 0.322. The molecule has 0 N–H and O–H groups in total. The van der Waals surface area contributed by atoms with Gasteiger partial charge in [-0.05, 0) is 43.3 Å². The maximum Gasteiger partial charge on any atom is 0.266 e. The minimum atomic E-state index is -0.467. The SMILES string of the molecule is COc1cccc(-n2c(S[C@@H](C)C(=O)N(C)c3ccccc3)nc3ccccc3c2=O)c1. The molecular weight excluding hydrogens is 422 g/mol. The van der Waals surface area contributed by atoms with Crippen molar-refractivity contribution in [3.63, 3.8) is 0 Å². The predicted octanol–water partition coefficient (Wildman–Crippen LogP) is 4.54. The molecule has 1 aromatic heterocycles. The van der Waals surface area contributed by atoms with Crippen molar-refractivity contribution in [2.45, 2.75) is 17.3 Å². The van der Waals surface area contributed by atoms with Gasteiger partial charge in [-0.3, -0.25) is 14.2 Å². The summed E-state index contributed by atoms with van der Waals surface area (Å²) in [6.07, 6.45) is 0. The minimum absolute atomic E-state index is 0.0826. The molecule has 0 aliphatic carbocycles. The fraction of sp³-hybridized carbons (Fsp3) is 0.160. The zero-order valence-corrected chi connectivity index (χ0v) is 18.9. The highest BCUT2D eigenvalue weighted by molar-refractivity contribution is 8.00. The van der Waals surface area contributed by atoms with E-state index in [2.05, 4.69) is 0 Å². The Morgan fingerprint density at radius 1 is 1.03 bits per heavy atom. The van der Waals surface area contributed by atoms with E-state index in [0.717, 1.165) is 5.69 Å². The van der Waals surface area contributed by atoms with E-state index in [0.29, 0.717) is 27.5 Å². The molecule has 0 radical (unpaired) electrons. The molecule has 0 aliphatic heterocycles. The fourth-order valence-electron chi connectivity index (χ4n) is 3.43. The second-order valence-electron chi connectivity index (χ2n) is 7.25. The molecule has 0 fully saturated rings. The second kappa shape index (κ2) is 9.28. The van der Waals surface area contributed by atoms with E-state index in [1.54, 1.807) is 41.8 Å². The Labute approximate surface area is 190 Å². The van der Waals surface area contributed by atoms with Crippen molar-refractivity contribution < 1.29 is 9.53 Å². The van der Waals surface area contributed by atoms with Crippen LogP contribution < -0.4 is 15.2 Å². The average molecular weight is 446 g/mol. The van der Waals surface area contributed by atoms with Gasteiger partial charge in [0.25, 0.3) is 5.56 Å². The van der Waals surface area contributed by atoms with Crippen molar-refractivity contribution in [1.29, 1.82) is 0 Å². The van der Waals surface area contributed by atoms with E-state index >= 15 is 0 Å². The van der Waals surface area contributed by atoms with Gasteiger partial charge >= 0.3 is 0 Å². The maximum absolute atomic E-state index is 13.4. The average Bonchev–Trinajstić information content (AvgIpc) is 2.84. The van der Waals surface area contributed by atoms with Crippen LogP contribution in [0.2, 0.25) is 0 Å². The van der Waals surface area contributed by atoms with Crippen molar-refractivity contribution in [2.24, 2.45) is 0 Å². The minimum Gasteiger partial charge on any atom is -0.497 e. The molecule has 0 saturated carbocycles. The highest BCUT2D eigenvalue weighted by atomic mass is 32.2. The summed E-state index contributed by atoms with van der Waals surface area (Å²) in [6.45, 7) is 1.82. The highest BCUT2D eigenvalue weighted by Crippen LogP contribution is 2.28. The number of hydrogen-bond donors (Lipinski definition) is 0. The molecule has 3 aromatic carbocycles. The summed E-state index contributed by atoms with van der Waals surface area (Å²) in [5.41, 5.74) is 1.84. The largest absolute Gasteiger partial charge is 0.497 e. The molecular formula is C25H23N3O3S. The summed E-state index contributed by atoms with van der Waals surface area (Å²) in [4.78, 5) is 32.9. The van der Waals surface area contributed by atoms with Crippen LogP contribution in [0.15, 0.2) is 88.8 Å². The number of benzene rings is 3. The first-order valence-electron chi connectivity index (χ1n) is 10.1. The van der Waals surface area contributed by atoms with Crippen LogP contribution in [0.1, 0.15) is 6.92 Å². The second-order valence-corrected chi connectivity index (χ2v) is 8.55. The van der Waals surface area contributed by atoms with E-state index in [1.807, 2.05) is 67.6 Å². The number of aromatic nitrogens is 2. The number of fused-ring (bicyclic) bond motifs is 1. The molecule has 1 amide bonds. The Bertz CT molecular complexity index is 1320. The molecule has 6 nitrogen and oxygen atoms in total. The lowest BCUT2D eigenvalue weighted by Crippen LogP contribution is -2.33. The lowest BCUT2D eigenvalue weighted by molar-refractivity contribution is -0.117. The molecule has 0 aliphatic rings. The van der Waals surface area contributed by atoms with Crippen LogP contribution in [0.25, 0.3) is 16.6 Å². The van der Waals surface area contributed by atoms with Crippen molar-refractivity contribution in [3.8, 4) is 11.4 Å². The first kappa shape index (κ1) is 21.6. The lowest BCUT2D eigenvalue weighted by Gasteiger charge is -2.22. The molecule has 7 heteroatoms. The van der Waals surface area contributed by atoms with Crippen LogP contribution in [0.3, 0.4) is 0 Å². The van der Waals surface area contributed by atoms with Crippen LogP contribution >= 0.6 is 11.8 Å². The van der Waals surface area contributed by atoms with Crippen LogP contribution in [0.4, 0.5) is 5.69 Å². The normalized spacial score (nSPS) is 11.8. The van der Waals surface area contributed by atoms with Gasteiger partial charge in [-0.25, -0.2) is 4.98 Å². The third kappa shape index (κ3) is 4.24. The number of nitrogens with zero attached hydrogens (tertiary/aromatic N) is 3. The Kier molecular flexibility index (Phi) is 6.28. The van der Waals surface area contributed by atoms with Crippen molar-refractivity contribution in [3.05, 3.63) is 89.2 Å².